The number of piperidine rings is 1. The van der Waals surface area contributed by atoms with E-state index in [-0.39, 0.29) is 29.9 Å². The lowest BCUT2D eigenvalue weighted by molar-refractivity contribution is -0.128. The predicted octanol–water partition coefficient (Wildman–Crippen LogP) is 3.56. The molecule has 2 fully saturated rings. The number of carbonyl (C=O) groups is 2. The van der Waals surface area contributed by atoms with Gasteiger partial charge in [0.05, 0.1) is 11.5 Å². The van der Waals surface area contributed by atoms with Gasteiger partial charge in [0.15, 0.2) is 0 Å². The molecule has 36 heavy (non-hydrogen) atoms. The third-order valence-electron chi connectivity index (χ3n) is 7.72. The van der Waals surface area contributed by atoms with Gasteiger partial charge in [0, 0.05) is 44.9 Å². The number of benzene rings is 1. The summed E-state index contributed by atoms with van der Waals surface area (Å²) in [5, 5.41) is 5.18. The molecule has 0 bridgehead atoms. The normalized spacial score (nSPS) is 24.6. The van der Waals surface area contributed by atoms with E-state index in [0.717, 1.165) is 45.2 Å². The molecule has 7 nitrogen and oxygen atoms in total. The van der Waals surface area contributed by atoms with Crippen molar-refractivity contribution in [3.8, 4) is 0 Å². The van der Waals surface area contributed by atoms with Crippen molar-refractivity contribution in [2.24, 2.45) is 5.73 Å². The standard InChI is InChI=1S/C28H40N4O3S/c1-20-6-3-4-7-21(20)19-31(15-16-35-2)24-13-14-32(28(34)26-8-5-17-36-26)25(18-24)27(33)30-23-11-9-22(29)10-12-23/h3-8,17,22-25H,9-16,18-19,29H2,1-2H3,(H,30,33)/t22?,23?,24?,25-/m1/s1. The highest BCUT2D eigenvalue weighted by Crippen LogP contribution is 2.28. The second-order valence-electron chi connectivity index (χ2n) is 10.2. The van der Waals surface area contributed by atoms with Gasteiger partial charge in [0.2, 0.25) is 5.91 Å². The van der Waals surface area contributed by atoms with Gasteiger partial charge in [-0.2, -0.15) is 0 Å². The number of nitrogens with one attached hydrogen (secondary N) is 1. The Morgan fingerprint density at radius 2 is 1.92 bits per heavy atom. The third kappa shape index (κ3) is 6.73. The molecular formula is C28H40N4O3S. The van der Waals surface area contributed by atoms with Gasteiger partial charge in [0.25, 0.3) is 5.91 Å². The molecule has 3 N–H and O–H groups in total. The molecule has 0 spiro atoms. The number of methoxy groups -OCH3 is 1. The van der Waals surface area contributed by atoms with Crippen LogP contribution in [0.2, 0.25) is 0 Å². The fourth-order valence-electron chi connectivity index (χ4n) is 5.48. The summed E-state index contributed by atoms with van der Waals surface area (Å²) in [5.74, 6) is -0.0794. The van der Waals surface area contributed by atoms with Crippen molar-refractivity contribution in [2.45, 2.75) is 76.2 Å². The predicted molar refractivity (Wildman–Crippen MR) is 144 cm³/mol. The van der Waals surface area contributed by atoms with Crippen LogP contribution in [-0.4, -0.2) is 72.6 Å². The Morgan fingerprint density at radius 3 is 2.61 bits per heavy atom. The fraction of sp³-hybridized carbons (Fsp3) is 0.571. The maximum Gasteiger partial charge on any atom is 0.264 e. The van der Waals surface area contributed by atoms with Crippen LogP contribution >= 0.6 is 11.3 Å². The molecule has 8 heteroatoms. The molecule has 1 aromatic heterocycles. The van der Waals surface area contributed by atoms with Gasteiger partial charge in [-0.05, 0) is 68.0 Å². The van der Waals surface area contributed by atoms with E-state index >= 15 is 0 Å². The van der Waals surface area contributed by atoms with E-state index in [1.54, 1.807) is 12.0 Å². The van der Waals surface area contributed by atoms with Gasteiger partial charge >= 0.3 is 0 Å². The molecular weight excluding hydrogens is 472 g/mol. The van der Waals surface area contributed by atoms with Crippen molar-refractivity contribution >= 4 is 23.2 Å². The van der Waals surface area contributed by atoms with Gasteiger partial charge < -0.3 is 20.7 Å². The molecule has 1 aromatic carbocycles. The molecule has 1 aliphatic carbocycles. The molecule has 1 unspecified atom stereocenters. The summed E-state index contributed by atoms with van der Waals surface area (Å²) in [5.41, 5.74) is 8.61. The highest BCUT2D eigenvalue weighted by Gasteiger charge is 2.39. The zero-order valence-electron chi connectivity index (χ0n) is 21.5. The van der Waals surface area contributed by atoms with Crippen molar-refractivity contribution in [1.29, 1.82) is 0 Å². The van der Waals surface area contributed by atoms with Gasteiger partial charge in [-0.15, -0.1) is 11.3 Å². The molecule has 2 aromatic rings. The number of thiophene rings is 1. The van der Waals surface area contributed by atoms with E-state index in [2.05, 4.69) is 41.4 Å². The number of hydrogen-bond acceptors (Lipinski definition) is 6. The van der Waals surface area contributed by atoms with Crippen LogP contribution in [0.15, 0.2) is 41.8 Å². The van der Waals surface area contributed by atoms with E-state index in [4.69, 9.17) is 10.5 Å². The van der Waals surface area contributed by atoms with Crippen LogP contribution in [0.4, 0.5) is 0 Å². The first kappa shape index (κ1) is 26.8. The Balaban J connectivity index is 1.53. The molecule has 2 amide bonds. The van der Waals surface area contributed by atoms with E-state index in [1.807, 2.05) is 17.5 Å². The first-order valence-electron chi connectivity index (χ1n) is 13.1. The van der Waals surface area contributed by atoms with Crippen molar-refractivity contribution in [2.75, 3.05) is 26.8 Å². The lowest BCUT2D eigenvalue weighted by Gasteiger charge is -2.43. The number of likely N-dealkylation sites (tertiary alicyclic amines) is 1. The van der Waals surface area contributed by atoms with Crippen LogP contribution in [0.25, 0.3) is 0 Å². The van der Waals surface area contributed by atoms with Crippen molar-refractivity contribution in [3.05, 3.63) is 57.8 Å². The summed E-state index contributed by atoms with van der Waals surface area (Å²) in [4.78, 5) is 32.0. The van der Waals surface area contributed by atoms with Gasteiger partial charge in [-0.3, -0.25) is 14.5 Å². The van der Waals surface area contributed by atoms with Gasteiger partial charge in [-0.1, -0.05) is 30.3 Å². The Morgan fingerprint density at radius 1 is 1.14 bits per heavy atom. The molecule has 4 rings (SSSR count). The molecule has 1 aliphatic heterocycles. The lowest BCUT2D eigenvalue weighted by atomic mass is 9.90. The van der Waals surface area contributed by atoms with Crippen molar-refractivity contribution in [1.82, 2.24) is 15.1 Å². The minimum absolute atomic E-state index is 0.0346. The third-order valence-corrected chi connectivity index (χ3v) is 8.58. The van der Waals surface area contributed by atoms with Crippen LogP contribution in [0, 0.1) is 6.92 Å². The van der Waals surface area contributed by atoms with Gasteiger partial charge in [0.1, 0.15) is 6.04 Å². The number of ether oxygens (including phenoxy) is 1. The molecule has 1 saturated heterocycles. The summed E-state index contributed by atoms with van der Waals surface area (Å²) in [6.07, 6.45) is 5.10. The summed E-state index contributed by atoms with van der Waals surface area (Å²) in [6.45, 7) is 4.90. The second kappa shape index (κ2) is 12.8. The number of hydrogen-bond donors (Lipinski definition) is 2. The number of rotatable bonds is 9. The van der Waals surface area contributed by atoms with Crippen LogP contribution in [0.3, 0.4) is 0 Å². The number of carbonyl (C=O) groups excluding carboxylic acids is 2. The summed E-state index contributed by atoms with van der Waals surface area (Å²) in [7, 11) is 1.72. The second-order valence-corrected chi connectivity index (χ2v) is 11.1. The first-order valence-corrected chi connectivity index (χ1v) is 14.0. The fourth-order valence-corrected chi connectivity index (χ4v) is 6.16. The van der Waals surface area contributed by atoms with E-state index in [9.17, 15) is 9.59 Å². The van der Waals surface area contributed by atoms with Crippen LogP contribution in [0.1, 0.15) is 59.3 Å². The maximum atomic E-state index is 13.7. The quantitative estimate of drug-likeness (QED) is 0.536. The Labute approximate surface area is 219 Å². The molecule has 1 saturated carbocycles. The molecule has 2 aliphatic rings. The number of aryl methyl sites for hydroxylation is 1. The summed E-state index contributed by atoms with van der Waals surface area (Å²) >= 11 is 1.43. The highest BCUT2D eigenvalue weighted by atomic mass is 32.1. The lowest BCUT2D eigenvalue weighted by Crippen LogP contribution is -2.58. The Hall–Kier alpha value is -2.26. The van der Waals surface area contributed by atoms with E-state index in [1.165, 1.54) is 22.5 Å². The summed E-state index contributed by atoms with van der Waals surface area (Å²) < 4.78 is 5.43. The van der Waals surface area contributed by atoms with Crippen molar-refractivity contribution in [3.63, 3.8) is 0 Å². The Bertz CT molecular complexity index is 990. The van der Waals surface area contributed by atoms with Crippen LogP contribution in [-0.2, 0) is 16.1 Å². The molecule has 196 valence electrons. The smallest absolute Gasteiger partial charge is 0.264 e. The molecule has 0 radical (unpaired) electrons. The molecule has 2 atom stereocenters. The minimum Gasteiger partial charge on any atom is -0.383 e. The number of nitrogens with two attached hydrogens (primary N) is 1. The number of amides is 2. The van der Waals surface area contributed by atoms with Gasteiger partial charge in [-0.25, -0.2) is 0 Å². The SMILES string of the molecule is COCCN(Cc1ccccc1C)C1CCN(C(=O)c2cccs2)[C@@H](C(=O)NC2CCC(N)CC2)C1. The largest absolute Gasteiger partial charge is 0.383 e. The van der Waals surface area contributed by atoms with Crippen LogP contribution in [0.5, 0.6) is 0 Å². The minimum atomic E-state index is -0.490. The molecule has 2 heterocycles. The topological polar surface area (TPSA) is 87.9 Å². The zero-order chi connectivity index (χ0) is 25.5. The van der Waals surface area contributed by atoms with Crippen molar-refractivity contribution < 1.29 is 14.3 Å². The Kier molecular flexibility index (Phi) is 9.53. The van der Waals surface area contributed by atoms with E-state index < -0.39 is 6.04 Å². The zero-order valence-corrected chi connectivity index (χ0v) is 22.3. The first-order chi connectivity index (χ1) is 17.5. The average molecular weight is 513 g/mol. The monoisotopic (exact) mass is 512 g/mol. The average Bonchev–Trinajstić information content (AvgIpc) is 3.43. The van der Waals surface area contributed by atoms with E-state index in [0.29, 0.717) is 24.4 Å². The van der Waals surface area contributed by atoms with Crippen LogP contribution < -0.4 is 11.1 Å². The maximum absolute atomic E-state index is 13.7. The summed E-state index contributed by atoms with van der Waals surface area (Å²) in [6, 6.07) is 12.2. The highest BCUT2D eigenvalue weighted by molar-refractivity contribution is 7.12. The number of nitrogens with zero attached hydrogens (tertiary/aromatic N) is 2.